The normalized spacial score (nSPS) is 12.0. The molecule has 7 rings (SSSR count). The monoisotopic (exact) mass is 383 g/mol. The molecule has 0 aliphatic rings. The molecule has 0 unspecified atom stereocenters. The molecule has 0 aliphatic heterocycles. The van der Waals surface area contributed by atoms with Gasteiger partial charge in [-0.15, -0.1) is 0 Å². The second kappa shape index (κ2) is 5.74. The molecule has 7 aromatic rings. The quantitative estimate of drug-likeness (QED) is 0.282. The Morgan fingerprint density at radius 1 is 0.467 bits per heavy atom. The number of nitrogens with zero attached hydrogens (tertiary/aromatic N) is 1. The summed E-state index contributed by atoms with van der Waals surface area (Å²) in [7, 11) is 0. The molecule has 2 heterocycles. The SMILES string of the molecule is c1ccc2c(-n3c4ccccc4c4c5c(ccc43)oc3ccccc35)cccc2c1. The lowest BCUT2D eigenvalue weighted by Crippen LogP contribution is -1.94. The second-order valence-corrected chi connectivity index (χ2v) is 7.78. The largest absolute Gasteiger partial charge is 0.456 e. The van der Waals surface area contributed by atoms with Gasteiger partial charge in [-0.05, 0) is 35.7 Å². The maximum Gasteiger partial charge on any atom is 0.136 e. The van der Waals surface area contributed by atoms with Crippen molar-refractivity contribution in [3.63, 3.8) is 0 Å². The first-order chi connectivity index (χ1) is 14.9. The van der Waals surface area contributed by atoms with Gasteiger partial charge in [0.1, 0.15) is 11.2 Å². The van der Waals surface area contributed by atoms with Crippen LogP contribution >= 0.6 is 0 Å². The molecule has 0 radical (unpaired) electrons. The predicted molar refractivity (Wildman–Crippen MR) is 126 cm³/mol. The van der Waals surface area contributed by atoms with E-state index in [0.717, 1.165) is 11.2 Å². The van der Waals surface area contributed by atoms with E-state index in [1.54, 1.807) is 0 Å². The second-order valence-electron chi connectivity index (χ2n) is 7.78. The molecule has 140 valence electrons. The Hall–Kier alpha value is -4.04. The van der Waals surface area contributed by atoms with E-state index in [2.05, 4.69) is 95.6 Å². The number of benzene rings is 5. The molecule has 2 nitrogen and oxygen atoms in total. The zero-order valence-corrected chi connectivity index (χ0v) is 16.2. The van der Waals surface area contributed by atoms with Crippen LogP contribution in [0, 0.1) is 0 Å². The average Bonchev–Trinajstić information content (AvgIpc) is 3.34. The fraction of sp³-hybridized carbons (Fsp3) is 0. The molecule has 2 aromatic heterocycles. The zero-order chi connectivity index (χ0) is 19.7. The third-order valence-corrected chi connectivity index (χ3v) is 6.18. The average molecular weight is 383 g/mol. The summed E-state index contributed by atoms with van der Waals surface area (Å²) in [5.74, 6) is 0. The molecule has 0 N–H and O–H groups in total. The van der Waals surface area contributed by atoms with E-state index in [-0.39, 0.29) is 0 Å². The fourth-order valence-electron chi connectivity index (χ4n) is 4.94. The van der Waals surface area contributed by atoms with Gasteiger partial charge in [0.05, 0.1) is 16.7 Å². The number of hydrogen-bond acceptors (Lipinski definition) is 1. The van der Waals surface area contributed by atoms with Crippen LogP contribution in [-0.2, 0) is 0 Å². The lowest BCUT2D eigenvalue weighted by atomic mass is 10.1. The van der Waals surface area contributed by atoms with Crippen molar-refractivity contribution < 1.29 is 4.42 Å². The smallest absolute Gasteiger partial charge is 0.136 e. The number of para-hydroxylation sites is 2. The minimum Gasteiger partial charge on any atom is -0.456 e. The van der Waals surface area contributed by atoms with Crippen LogP contribution < -0.4 is 0 Å². The Bertz CT molecular complexity index is 1740. The third-order valence-electron chi connectivity index (χ3n) is 6.18. The number of aromatic nitrogens is 1. The van der Waals surface area contributed by atoms with Crippen LogP contribution in [0.2, 0.25) is 0 Å². The van der Waals surface area contributed by atoms with Gasteiger partial charge in [-0.3, -0.25) is 0 Å². The first kappa shape index (κ1) is 15.8. The summed E-state index contributed by atoms with van der Waals surface area (Å²) in [5.41, 5.74) is 5.48. The van der Waals surface area contributed by atoms with Crippen molar-refractivity contribution in [2.45, 2.75) is 0 Å². The Kier molecular flexibility index (Phi) is 3.03. The van der Waals surface area contributed by atoms with Crippen LogP contribution in [0.15, 0.2) is 108 Å². The summed E-state index contributed by atoms with van der Waals surface area (Å²) in [6, 6.07) is 36.4. The van der Waals surface area contributed by atoms with Gasteiger partial charge >= 0.3 is 0 Å². The Balaban J connectivity index is 1.76. The van der Waals surface area contributed by atoms with Crippen molar-refractivity contribution in [2.75, 3.05) is 0 Å². The van der Waals surface area contributed by atoms with E-state index in [4.69, 9.17) is 4.42 Å². The third kappa shape index (κ3) is 1.98. The first-order valence-electron chi connectivity index (χ1n) is 10.2. The van der Waals surface area contributed by atoms with E-state index in [9.17, 15) is 0 Å². The van der Waals surface area contributed by atoms with Gasteiger partial charge in [-0.25, -0.2) is 0 Å². The Morgan fingerprint density at radius 2 is 1.20 bits per heavy atom. The van der Waals surface area contributed by atoms with Crippen molar-refractivity contribution in [3.05, 3.63) is 103 Å². The van der Waals surface area contributed by atoms with Crippen LogP contribution in [0.4, 0.5) is 0 Å². The fourth-order valence-corrected chi connectivity index (χ4v) is 4.94. The molecule has 0 aliphatic carbocycles. The van der Waals surface area contributed by atoms with Gasteiger partial charge in [-0.2, -0.15) is 0 Å². The molecule has 0 spiro atoms. The summed E-state index contributed by atoms with van der Waals surface area (Å²) < 4.78 is 8.58. The maximum absolute atomic E-state index is 6.19. The lowest BCUT2D eigenvalue weighted by Gasteiger charge is -2.11. The van der Waals surface area contributed by atoms with Gasteiger partial charge in [-0.1, -0.05) is 72.8 Å². The van der Waals surface area contributed by atoms with E-state index < -0.39 is 0 Å². The zero-order valence-electron chi connectivity index (χ0n) is 16.2. The van der Waals surface area contributed by atoms with Gasteiger partial charge in [0.2, 0.25) is 0 Å². The Morgan fingerprint density at radius 3 is 2.13 bits per heavy atom. The highest BCUT2D eigenvalue weighted by molar-refractivity contribution is 6.27. The van der Waals surface area contributed by atoms with Crippen molar-refractivity contribution in [1.82, 2.24) is 4.57 Å². The highest BCUT2D eigenvalue weighted by Crippen LogP contribution is 2.41. The molecule has 0 bridgehead atoms. The molecule has 2 heteroatoms. The molecule has 30 heavy (non-hydrogen) atoms. The minimum absolute atomic E-state index is 0.932. The molecule has 5 aromatic carbocycles. The van der Waals surface area contributed by atoms with Crippen LogP contribution in [0.25, 0.3) is 60.2 Å². The topological polar surface area (TPSA) is 18.1 Å². The number of hydrogen-bond donors (Lipinski definition) is 0. The van der Waals surface area contributed by atoms with Crippen molar-refractivity contribution in [2.24, 2.45) is 0 Å². The number of fused-ring (bicyclic) bond motifs is 8. The summed E-state index contributed by atoms with van der Waals surface area (Å²) in [6.45, 7) is 0. The Labute approximate surface area is 172 Å². The predicted octanol–water partition coefficient (Wildman–Crippen LogP) is 7.84. The highest BCUT2D eigenvalue weighted by atomic mass is 16.3. The molecule has 0 saturated heterocycles. The molecule has 0 saturated carbocycles. The molecular formula is C28H17NO. The van der Waals surface area contributed by atoms with E-state index in [0.29, 0.717) is 0 Å². The van der Waals surface area contributed by atoms with Crippen LogP contribution in [0.5, 0.6) is 0 Å². The van der Waals surface area contributed by atoms with E-state index in [1.165, 1.54) is 49.0 Å². The van der Waals surface area contributed by atoms with Gasteiger partial charge in [0.25, 0.3) is 0 Å². The van der Waals surface area contributed by atoms with Crippen LogP contribution in [0.3, 0.4) is 0 Å². The lowest BCUT2D eigenvalue weighted by molar-refractivity contribution is 0.669. The van der Waals surface area contributed by atoms with Gasteiger partial charge < -0.3 is 8.98 Å². The first-order valence-corrected chi connectivity index (χ1v) is 10.2. The summed E-state index contributed by atoms with van der Waals surface area (Å²) in [4.78, 5) is 0. The van der Waals surface area contributed by atoms with Crippen molar-refractivity contribution in [1.29, 1.82) is 0 Å². The van der Waals surface area contributed by atoms with E-state index in [1.807, 2.05) is 12.1 Å². The highest BCUT2D eigenvalue weighted by Gasteiger charge is 2.18. The maximum atomic E-state index is 6.19. The van der Waals surface area contributed by atoms with E-state index >= 15 is 0 Å². The summed E-state index contributed by atoms with van der Waals surface area (Å²) in [5, 5.41) is 7.35. The van der Waals surface area contributed by atoms with Crippen LogP contribution in [0.1, 0.15) is 0 Å². The molecule has 0 fully saturated rings. The molecular weight excluding hydrogens is 366 g/mol. The molecule has 0 amide bonds. The minimum atomic E-state index is 0.932. The number of rotatable bonds is 1. The number of furan rings is 1. The van der Waals surface area contributed by atoms with Gasteiger partial charge in [0, 0.05) is 26.9 Å². The summed E-state index contributed by atoms with van der Waals surface area (Å²) >= 11 is 0. The van der Waals surface area contributed by atoms with Crippen LogP contribution in [-0.4, -0.2) is 4.57 Å². The van der Waals surface area contributed by atoms with Crippen molar-refractivity contribution in [3.8, 4) is 5.69 Å². The van der Waals surface area contributed by atoms with Crippen molar-refractivity contribution >= 4 is 54.5 Å². The summed E-state index contributed by atoms with van der Waals surface area (Å²) in [6.07, 6.45) is 0. The molecule has 0 atom stereocenters. The van der Waals surface area contributed by atoms with Gasteiger partial charge in [0.15, 0.2) is 0 Å². The standard InChI is InChI=1S/C28H17NO/c1-2-10-19-18(8-1)9-7-14-22(19)29-23-13-5-3-11-20(23)27-24(29)16-17-26-28(27)21-12-4-6-15-25(21)30-26/h1-17H.